The van der Waals surface area contributed by atoms with Gasteiger partial charge in [0.15, 0.2) is 0 Å². The summed E-state index contributed by atoms with van der Waals surface area (Å²) in [6.45, 7) is 0. The zero-order valence-corrected chi connectivity index (χ0v) is 36.6. The van der Waals surface area contributed by atoms with E-state index in [1.807, 2.05) is 6.07 Å². The summed E-state index contributed by atoms with van der Waals surface area (Å²) in [6, 6.07) is 92.0. The quantitative estimate of drug-likeness (QED) is 0.152. The number of fused-ring (bicyclic) bond motifs is 7. The average Bonchev–Trinajstić information content (AvgIpc) is 3.95. The minimum Gasteiger partial charge on any atom is -0.455 e. The predicted molar refractivity (Wildman–Crippen MR) is 282 cm³/mol. The van der Waals surface area contributed by atoms with E-state index < -0.39 is 0 Å². The fraction of sp³-hybridized carbons (Fsp3) is 0. The molecular formula is C64H42N2O. The second-order valence-corrected chi connectivity index (χ2v) is 17.3. The maximum Gasteiger partial charge on any atom is 0.143 e. The number of anilines is 3. The van der Waals surface area contributed by atoms with Crippen LogP contribution in [0.4, 0.5) is 17.1 Å². The fourth-order valence-corrected chi connectivity index (χ4v) is 10.1. The topological polar surface area (TPSA) is 21.3 Å². The number of para-hydroxylation sites is 4. The lowest BCUT2D eigenvalue weighted by molar-refractivity contribution is 0.670. The molecule has 0 saturated carbocycles. The lowest BCUT2D eigenvalue weighted by Crippen LogP contribution is -2.11. The van der Waals surface area contributed by atoms with Crippen LogP contribution in [0.15, 0.2) is 259 Å². The second-order valence-electron chi connectivity index (χ2n) is 17.3. The Morgan fingerprint density at radius 3 is 1.51 bits per heavy atom. The number of hydrogen-bond donors (Lipinski definition) is 0. The molecule has 314 valence electrons. The van der Waals surface area contributed by atoms with E-state index in [-0.39, 0.29) is 0 Å². The molecular weight excluding hydrogens is 813 g/mol. The van der Waals surface area contributed by atoms with Gasteiger partial charge >= 0.3 is 0 Å². The Morgan fingerprint density at radius 2 is 0.836 bits per heavy atom. The van der Waals surface area contributed by atoms with Crippen molar-refractivity contribution >= 4 is 71.6 Å². The van der Waals surface area contributed by atoms with Crippen molar-refractivity contribution in [3.63, 3.8) is 0 Å². The van der Waals surface area contributed by atoms with Crippen molar-refractivity contribution in [2.24, 2.45) is 0 Å². The Hall–Kier alpha value is -8.92. The minimum atomic E-state index is 0.873. The molecule has 0 atom stereocenters. The monoisotopic (exact) mass is 854 g/mol. The molecule has 0 amide bonds. The zero-order chi connectivity index (χ0) is 44.3. The van der Waals surface area contributed by atoms with Gasteiger partial charge in [0.2, 0.25) is 0 Å². The molecule has 13 aromatic rings. The predicted octanol–water partition coefficient (Wildman–Crippen LogP) is 18.0. The Labute approximate surface area is 388 Å². The highest BCUT2D eigenvalue weighted by molar-refractivity contribution is 6.16. The van der Waals surface area contributed by atoms with Gasteiger partial charge in [-0.05, 0) is 117 Å². The molecule has 0 aliphatic rings. The zero-order valence-electron chi connectivity index (χ0n) is 36.6. The number of rotatable bonds is 8. The molecule has 0 spiro atoms. The summed E-state index contributed by atoms with van der Waals surface area (Å²) < 4.78 is 9.23. The SMILES string of the molecule is c1ccc(-c2ccc(N(c3ccc(-c4ccc5ccc(-c6ccccc6)cc5c4)cc3)c3cc4c(cc3-c3cccc5c3oc3ccccc35)c3ccccc3n4-c3ccccc3)cc2)cc1. The van der Waals surface area contributed by atoms with E-state index in [0.29, 0.717) is 0 Å². The summed E-state index contributed by atoms with van der Waals surface area (Å²) in [4.78, 5) is 2.42. The molecule has 0 N–H and O–H groups in total. The molecule has 0 fully saturated rings. The van der Waals surface area contributed by atoms with Crippen LogP contribution < -0.4 is 4.90 Å². The number of furan rings is 1. The Bertz CT molecular complexity index is 3940. The van der Waals surface area contributed by atoms with E-state index in [2.05, 4.69) is 258 Å². The van der Waals surface area contributed by atoms with Crippen LogP contribution in [-0.4, -0.2) is 4.57 Å². The first kappa shape index (κ1) is 38.5. The first-order valence-electron chi connectivity index (χ1n) is 22.9. The summed E-state index contributed by atoms with van der Waals surface area (Å²) in [6.07, 6.45) is 0. The van der Waals surface area contributed by atoms with Crippen LogP contribution in [0.25, 0.3) is 105 Å². The van der Waals surface area contributed by atoms with Gasteiger partial charge in [-0.3, -0.25) is 0 Å². The summed E-state index contributed by atoms with van der Waals surface area (Å²) in [7, 11) is 0. The Kier molecular flexibility index (Phi) is 9.17. The largest absolute Gasteiger partial charge is 0.455 e. The molecule has 2 aromatic heterocycles. The fourth-order valence-electron chi connectivity index (χ4n) is 10.1. The van der Waals surface area contributed by atoms with E-state index >= 15 is 0 Å². The van der Waals surface area contributed by atoms with Crippen molar-refractivity contribution in [2.75, 3.05) is 4.90 Å². The molecule has 0 bridgehead atoms. The first-order valence-corrected chi connectivity index (χ1v) is 22.9. The van der Waals surface area contributed by atoms with Gasteiger partial charge in [-0.1, -0.05) is 182 Å². The molecule has 3 nitrogen and oxygen atoms in total. The number of aromatic nitrogens is 1. The van der Waals surface area contributed by atoms with E-state index in [1.54, 1.807) is 0 Å². The average molecular weight is 855 g/mol. The van der Waals surface area contributed by atoms with Crippen molar-refractivity contribution in [3.8, 4) is 50.2 Å². The third-order valence-corrected chi connectivity index (χ3v) is 13.4. The van der Waals surface area contributed by atoms with Crippen LogP contribution in [0.1, 0.15) is 0 Å². The summed E-state index contributed by atoms with van der Waals surface area (Å²) in [5, 5.41) is 7.01. The molecule has 11 aromatic carbocycles. The van der Waals surface area contributed by atoms with Gasteiger partial charge in [0.1, 0.15) is 11.2 Å². The third kappa shape index (κ3) is 6.67. The molecule has 0 radical (unpaired) electrons. The minimum absolute atomic E-state index is 0.873. The van der Waals surface area contributed by atoms with Gasteiger partial charge < -0.3 is 13.9 Å². The number of benzene rings is 11. The van der Waals surface area contributed by atoms with E-state index in [9.17, 15) is 0 Å². The molecule has 0 saturated heterocycles. The molecule has 0 unspecified atom stereocenters. The van der Waals surface area contributed by atoms with E-state index in [0.717, 1.165) is 72.4 Å². The maximum absolute atomic E-state index is 6.83. The maximum atomic E-state index is 6.83. The smallest absolute Gasteiger partial charge is 0.143 e. The van der Waals surface area contributed by atoms with Crippen LogP contribution in [0.3, 0.4) is 0 Å². The van der Waals surface area contributed by atoms with Gasteiger partial charge in [-0.2, -0.15) is 0 Å². The van der Waals surface area contributed by atoms with Crippen LogP contribution in [0.5, 0.6) is 0 Å². The molecule has 3 heteroatoms. The number of nitrogens with zero attached hydrogens (tertiary/aromatic N) is 2. The number of hydrogen-bond acceptors (Lipinski definition) is 2. The Balaban J connectivity index is 1.05. The van der Waals surface area contributed by atoms with Crippen molar-refractivity contribution in [1.29, 1.82) is 0 Å². The lowest BCUT2D eigenvalue weighted by Gasteiger charge is -2.29. The summed E-state index contributed by atoms with van der Waals surface area (Å²) in [5.41, 5.74) is 17.5. The molecule has 2 heterocycles. The van der Waals surface area contributed by atoms with Gasteiger partial charge in [0, 0.05) is 49.7 Å². The summed E-state index contributed by atoms with van der Waals surface area (Å²) >= 11 is 0. The van der Waals surface area contributed by atoms with Crippen molar-refractivity contribution in [1.82, 2.24) is 4.57 Å². The lowest BCUT2D eigenvalue weighted by atomic mass is 9.96. The highest BCUT2D eigenvalue weighted by Crippen LogP contribution is 2.48. The van der Waals surface area contributed by atoms with Crippen molar-refractivity contribution < 1.29 is 4.42 Å². The second kappa shape index (κ2) is 16.0. The first-order chi connectivity index (χ1) is 33.2. The third-order valence-electron chi connectivity index (χ3n) is 13.4. The molecule has 0 aliphatic heterocycles. The molecule has 67 heavy (non-hydrogen) atoms. The van der Waals surface area contributed by atoms with Gasteiger partial charge in [-0.25, -0.2) is 0 Å². The normalized spacial score (nSPS) is 11.6. The van der Waals surface area contributed by atoms with Gasteiger partial charge in [-0.15, -0.1) is 0 Å². The van der Waals surface area contributed by atoms with E-state index in [1.165, 1.54) is 49.4 Å². The van der Waals surface area contributed by atoms with Crippen LogP contribution in [-0.2, 0) is 0 Å². The van der Waals surface area contributed by atoms with Crippen LogP contribution >= 0.6 is 0 Å². The highest BCUT2D eigenvalue weighted by Gasteiger charge is 2.24. The van der Waals surface area contributed by atoms with Crippen molar-refractivity contribution in [2.45, 2.75) is 0 Å². The van der Waals surface area contributed by atoms with E-state index in [4.69, 9.17) is 4.42 Å². The highest BCUT2D eigenvalue weighted by atomic mass is 16.3. The molecule has 0 aliphatic carbocycles. The van der Waals surface area contributed by atoms with Gasteiger partial charge in [0.25, 0.3) is 0 Å². The molecule has 13 rings (SSSR count). The van der Waals surface area contributed by atoms with Crippen LogP contribution in [0.2, 0.25) is 0 Å². The van der Waals surface area contributed by atoms with Gasteiger partial charge in [0.05, 0.1) is 16.7 Å². The summed E-state index contributed by atoms with van der Waals surface area (Å²) in [5.74, 6) is 0. The van der Waals surface area contributed by atoms with Crippen LogP contribution in [0, 0.1) is 0 Å². The van der Waals surface area contributed by atoms with Crippen molar-refractivity contribution in [3.05, 3.63) is 255 Å². The standard InChI is InChI=1S/C64H42N2O/c1-4-15-43(16-5-1)45-31-35-52(36-32-45)65(53-37-33-46(34-38-53)49-30-28-47-27-29-48(39-50(47)40-49)44-17-6-2-7-18-44)61-42-62-58(54-21-10-12-25-60(54)66(62)51-19-8-3-9-20-51)41-59(61)57-24-14-23-56-55-22-11-13-26-63(55)67-64(56)57/h1-42H. The Morgan fingerprint density at radius 1 is 0.313 bits per heavy atom.